The van der Waals surface area contributed by atoms with Gasteiger partial charge in [0.15, 0.2) is 0 Å². The summed E-state index contributed by atoms with van der Waals surface area (Å²) in [4.78, 5) is 8.45. The van der Waals surface area contributed by atoms with Crippen LogP contribution in [0.3, 0.4) is 0 Å². The Balaban J connectivity index is 2.27. The van der Waals surface area contributed by atoms with E-state index < -0.39 is 0 Å². The van der Waals surface area contributed by atoms with Crippen molar-refractivity contribution in [3.63, 3.8) is 0 Å². The standard InChI is InChI=1S/C14H15Cl2N3/c1-2-18-13(14-9-17-6-7-19-14)8-10-11(15)4-3-5-12(10)16/h3-7,9,13,18H,2,8H2,1H3. The Kier molecular flexibility index (Phi) is 5.14. The molecule has 19 heavy (non-hydrogen) atoms. The summed E-state index contributed by atoms with van der Waals surface area (Å²) in [6.07, 6.45) is 5.80. The molecule has 0 fully saturated rings. The lowest BCUT2D eigenvalue weighted by Gasteiger charge is -2.18. The minimum absolute atomic E-state index is 0.0519. The second-order valence-electron chi connectivity index (χ2n) is 4.14. The first kappa shape index (κ1) is 14.3. The Labute approximate surface area is 123 Å². The highest BCUT2D eigenvalue weighted by molar-refractivity contribution is 6.36. The van der Waals surface area contributed by atoms with Gasteiger partial charge in [-0.05, 0) is 30.7 Å². The number of aromatic nitrogens is 2. The molecule has 0 aliphatic heterocycles. The molecular formula is C14H15Cl2N3. The van der Waals surface area contributed by atoms with Crippen molar-refractivity contribution in [3.05, 3.63) is 58.1 Å². The van der Waals surface area contributed by atoms with E-state index in [9.17, 15) is 0 Å². The van der Waals surface area contributed by atoms with E-state index in [-0.39, 0.29) is 6.04 Å². The molecule has 1 atom stereocenters. The van der Waals surface area contributed by atoms with Gasteiger partial charge in [0, 0.05) is 28.6 Å². The van der Waals surface area contributed by atoms with Crippen LogP contribution in [0.25, 0.3) is 0 Å². The highest BCUT2D eigenvalue weighted by atomic mass is 35.5. The van der Waals surface area contributed by atoms with E-state index in [2.05, 4.69) is 22.2 Å². The Morgan fingerprint density at radius 2 is 1.95 bits per heavy atom. The number of hydrogen-bond acceptors (Lipinski definition) is 3. The van der Waals surface area contributed by atoms with E-state index in [0.717, 1.165) is 17.8 Å². The molecule has 0 saturated carbocycles. The molecule has 2 rings (SSSR count). The number of nitrogens with zero attached hydrogens (tertiary/aromatic N) is 2. The maximum absolute atomic E-state index is 6.21. The Bertz CT molecular complexity index is 511. The van der Waals surface area contributed by atoms with Crippen molar-refractivity contribution in [2.24, 2.45) is 0 Å². The van der Waals surface area contributed by atoms with Gasteiger partial charge >= 0.3 is 0 Å². The zero-order valence-electron chi connectivity index (χ0n) is 10.6. The van der Waals surface area contributed by atoms with Gasteiger partial charge < -0.3 is 5.32 Å². The first-order valence-electron chi connectivity index (χ1n) is 6.14. The highest BCUT2D eigenvalue weighted by Gasteiger charge is 2.16. The quantitative estimate of drug-likeness (QED) is 0.914. The largest absolute Gasteiger partial charge is 0.309 e. The van der Waals surface area contributed by atoms with Gasteiger partial charge in [0.2, 0.25) is 0 Å². The molecule has 100 valence electrons. The molecule has 0 aliphatic rings. The minimum Gasteiger partial charge on any atom is -0.309 e. The maximum atomic E-state index is 6.21. The molecule has 1 heterocycles. The van der Waals surface area contributed by atoms with Crippen molar-refractivity contribution < 1.29 is 0 Å². The molecule has 3 nitrogen and oxygen atoms in total. The third-order valence-electron chi connectivity index (χ3n) is 2.86. The summed E-state index contributed by atoms with van der Waals surface area (Å²) in [5.74, 6) is 0. The van der Waals surface area contributed by atoms with E-state index in [4.69, 9.17) is 23.2 Å². The molecule has 1 unspecified atom stereocenters. The molecule has 2 aromatic rings. The van der Waals surface area contributed by atoms with Crippen molar-refractivity contribution in [2.75, 3.05) is 6.54 Å². The average molecular weight is 296 g/mol. The van der Waals surface area contributed by atoms with Crippen LogP contribution in [0.2, 0.25) is 10.0 Å². The van der Waals surface area contributed by atoms with E-state index in [1.54, 1.807) is 18.6 Å². The van der Waals surface area contributed by atoms with Gasteiger partial charge in [-0.1, -0.05) is 36.2 Å². The summed E-state index contributed by atoms with van der Waals surface area (Å²) in [7, 11) is 0. The lowest BCUT2D eigenvalue weighted by molar-refractivity contribution is 0.535. The predicted octanol–water partition coefficient (Wildman–Crippen LogP) is 3.68. The van der Waals surface area contributed by atoms with Gasteiger partial charge in [-0.2, -0.15) is 0 Å². The van der Waals surface area contributed by atoms with Crippen LogP contribution in [0, 0.1) is 0 Å². The zero-order chi connectivity index (χ0) is 13.7. The lowest BCUT2D eigenvalue weighted by Crippen LogP contribution is -2.24. The van der Waals surface area contributed by atoms with Gasteiger partial charge in [-0.15, -0.1) is 0 Å². The highest BCUT2D eigenvalue weighted by Crippen LogP contribution is 2.28. The van der Waals surface area contributed by atoms with Crippen LogP contribution >= 0.6 is 23.2 Å². The summed E-state index contributed by atoms with van der Waals surface area (Å²) in [6, 6.07) is 5.60. The number of rotatable bonds is 5. The normalized spacial score (nSPS) is 12.4. The fraction of sp³-hybridized carbons (Fsp3) is 0.286. The molecular weight excluding hydrogens is 281 g/mol. The maximum Gasteiger partial charge on any atom is 0.0759 e. The molecule has 0 saturated heterocycles. The molecule has 0 bridgehead atoms. The molecule has 0 radical (unpaired) electrons. The second kappa shape index (κ2) is 6.85. The number of nitrogens with one attached hydrogen (secondary N) is 1. The third kappa shape index (κ3) is 3.66. The lowest BCUT2D eigenvalue weighted by atomic mass is 10.0. The summed E-state index contributed by atoms with van der Waals surface area (Å²) in [5.41, 5.74) is 1.82. The number of benzene rings is 1. The summed E-state index contributed by atoms with van der Waals surface area (Å²) >= 11 is 12.4. The number of hydrogen-bond donors (Lipinski definition) is 1. The number of likely N-dealkylation sites (N-methyl/N-ethyl adjacent to an activating group) is 1. The van der Waals surface area contributed by atoms with Crippen LogP contribution in [0.1, 0.15) is 24.2 Å². The van der Waals surface area contributed by atoms with Crippen molar-refractivity contribution >= 4 is 23.2 Å². The summed E-state index contributed by atoms with van der Waals surface area (Å²) < 4.78 is 0. The fourth-order valence-electron chi connectivity index (χ4n) is 1.95. The van der Waals surface area contributed by atoms with Crippen molar-refractivity contribution in [1.82, 2.24) is 15.3 Å². The molecule has 0 amide bonds. The van der Waals surface area contributed by atoms with Crippen LogP contribution in [0.15, 0.2) is 36.8 Å². The van der Waals surface area contributed by atoms with E-state index in [1.165, 1.54) is 0 Å². The third-order valence-corrected chi connectivity index (χ3v) is 3.57. The van der Waals surface area contributed by atoms with Gasteiger partial charge in [-0.3, -0.25) is 9.97 Å². The Morgan fingerprint density at radius 3 is 2.53 bits per heavy atom. The predicted molar refractivity (Wildman–Crippen MR) is 78.6 cm³/mol. The van der Waals surface area contributed by atoms with Crippen molar-refractivity contribution in [2.45, 2.75) is 19.4 Å². The first-order chi connectivity index (χ1) is 9.22. The molecule has 1 aromatic carbocycles. The Morgan fingerprint density at radius 1 is 1.21 bits per heavy atom. The van der Waals surface area contributed by atoms with Crippen LogP contribution in [0.5, 0.6) is 0 Å². The van der Waals surface area contributed by atoms with Gasteiger partial charge in [0.25, 0.3) is 0 Å². The van der Waals surface area contributed by atoms with Crippen LogP contribution in [-0.2, 0) is 6.42 Å². The monoisotopic (exact) mass is 295 g/mol. The van der Waals surface area contributed by atoms with Crippen LogP contribution in [0.4, 0.5) is 0 Å². The van der Waals surface area contributed by atoms with Gasteiger partial charge in [-0.25, -0.2) is 0 Å². The summed E-state index contributed by atoms with van der Waals surface area (Å²) in [6.45, 7) is 2.89. The Hall–Kier alpha value is -1.16. The summed E-state index contributed by atoms with van der Waals surface area (Å²) in [5, 5.41) is 4.74. The van der Waals surface area contributed by atoms with E-state index in [0.29, 0.717) is 16.5 Å². The smallest absolute Gasteiger partial charge is 0.0759 e. The fourth-order valence-corrected chi connectivity index (χ4v) is 2.50. The van der Waals surface area contributed by atoms with Crippen LogP contribution in [-0.4, -0.2) is 16.5 Å². The zero-order valence-corrected chi connectivity index (χ0v) is 12.1. The molecule has 0 aliphatic carbocycles. The SMILES string of the molecule is CCNC(Cc1c(Cl)cccc1Cl)c1cnccn1. The first-order valence-corrected chi connectivity index (χ1v) is 6.90. The minimum atomic E-state index is 0.0519. The van der Waals surface area contributed by atoms with Crippen molar-refractivity contribution in [1.29, 1.82) is 0 Å². The van der Waals surface area contributed by atoms with E-state index in [1.807, 2.05) is 18.2 Å². The molecule has 5 heteroatoms. The van der Waals surface area contributed by atoms with Gasteiger partial charge in [0.05, 0.1) is 11.7 Å². The molecule has 1 N–H and O–H groups in total. The van der Waals surface area contributed by atoms with Crippen LogP contribution < -0.4 is 5.32 Å². The molecule has 1 aromatic heterocycles. The topological polar surface area (TPSA) is 37.8 Å². The second-order valence-corrected chi connectivity index (χ2v) is 4.96. The average Bonchev–Trinajstić information content (AvgIpc) is 2.43. The molecule has 0 spiro atoms. The van der Waals surface area contributed by atoms with Gasteiger partial charge in [0.1, 0.15) is 0 Å². The van der Waals surface area contributed by atoms with Crippen molar-refractivity contribution in [3.8, 4) is 0 Å². The van der Waals surface area contributed by atoms with E-state index >= 15 is 0 Å². The number of halogens is 2.